The molecule has 0 aromatic heterocycles. The molecule has 1 spiro atoms. The van der Waals surface area contributed by atoms with E-state index < -0.39 is 17.5 Å². The molecule has 4 aliphatic rings. The van der Waals surface area contributed by atoms with Gasteiger partial charge in [0.2, 0.25) is 0 Å². The number of carbonyl (C=O) groups excluding carboxylic acids is 1. The maximum Gasteiger partial charge on any atom is 0.338 e. The van der Waals surface area contributed by atoms with Crippen LogP contribution in [0.25, 0.3) is 0 Å². The zero-order chi connectivity index (χ0) is 19.7. The molecule has 0 amide bonds. The maximum atomic E-state index is 12.9. The van der Waals surface area contributed by atoms with Crippen molar-refractivity contribution < 1.29 is 19.4 Å². The molecule has 4 atom stereocenters. The van der Waals surface area contributed by atoms with Crippen LogP contribution >= 0.6 is 0 Å². The Kier molecular flexibility index (Phi) is 3.71. The monoisotopic (exact) mass is 382 g/mol. The van der Waals surface area contributed by atoms with Gasteiger partial charge < -0.3 is 19.9 Å². The van der Waals surface area contributed by atoms with Crippen molar-refractivity contribution >= 4 is 11.7 Å². The zero-order valence-electron chi connectivity index (χ0n) is 16.5. The van der Waals surface area contributed by atoms with E-state index in [1.54, 1.807) is 7.11 Å². The number of methoxy groups -OCH3 is 2. The quantitative estimate of drug-likeness (QED) is 0.617. The number of fused-ring (bicyclic) bond motifs is 1. The Balaban J connectivity index is 1.84. The van der Waals surface area contributed by atoms with Gasteiger partial charge in [-0.2, -0.15) is 0 Å². The summed E-state index contributed by atoms with van der Waals surface area (Å²) >= 11 is 0. The highest BCUT2D eigenvalue weighted by atomic mass is 16.5. The summed E-state index contributed by atoms with van der Waals surface area (Å²) in [5.74, 6) is 0.306. The third-order valence-electron chi connectivity index (χ3n) is 7.39. The molecule has 6 nitrogen and oxygen atoms in total. The number of esters is 1. The minimum absolute atomic E-state index is 0.0931. The van der Waals surface area contributed by atoms with Crippen LogP contribution in [0.5, 0.6) is 5.75 Å². The minimum Gasteiger partial charge on any atom is -0.497 e. The number of benzene rings is 1. The highest BCUT2D eigenvalue weighted by Gasteiger charge is 2.68. The minimum atomic E-state index is -0.918. The standard InChI is InChI=1S/C22H26N2O4/c1-4-21-8-5-10-24-11-9-22(20(21)24)14-7-6-13(27-2)12-15(14)23-17(22)16(18(21)25)19(26)28-3/h5-8,12,18,20,23,25H,4,9-11H2,1-3H3/t18-,20-,21-,22-/m0/s1. The molecule has 3 aliphatic heterocycles. The summed E-state index contributed by atoms with van der Waals surface area (Å²) in [4.78, 5) is 15.3. The Bertz CT molecular complexity index is 923. The highest BCUT2D eigenvalue weighted by molar-refractivity contribution is 5.94. The first-order valence-corrected chi connectivity index (χ1v) is 9.91. The molecule has 0 unspecified atom stereocenters. The van der Waals surface area contributed by atoms with Crippen molar-refractivity contribution in [3.8, 4) is 5.75 Å². The summed E-state index contributed by atoms with van der Waals surface area (Å²) in [7, 11) is 3.03. The fraction of sp³-hybridized carbons (Fsp3) is 0.500. The number of hydrogen-bond donors (Lipinski definition) is 2. The summed E-state index contributed by atoms with van der Waals surface area (Å²) < 4.78 is 10.5. The van der Waals surface area contributed by atoms with E-state index in [1.165, 1.54) is 12.7 Å². The summed E-state index contributed by atoms with van der Waals surface area (Å²) in [6.45, 7) is 3.89. The molecule has 3 heterocycles. The second-order valence-corrected chi connectivity index (χ2v) is 8.21. The molecule has 0 radical (unpaired) electrons. The molecular formula is C22H26N2O4. The number of carbonyl (C=O) groups is 1. The summed E-state index contributed by atoms with van der Waals surface area (Å²) in [5.41, 5.74) is 2.42. The van der Waals surface area contributed by atoms with Crippen LogP contribution < -0.4 is 10.1 Å². The van der Waals surface area contributed by atoms with Gasteiger partial charge in [-0.1, -0.05) is 25.1 Å². The third kappa shape index (κ3) is 1.87. The average molecular weight is 382 g/mol. The van der Waals surface area contributed by atoms with Crippen LogP contribution in [0.4, 0.5) is 5.69 Å². The summed E-state index contributed by atoms with van der Waals surface area (Å²) in [6, 6.07) is 6.17. The van der Waals surface area contributed by atoms with Crippen LogP contribution in [0.15, 0.2) is 41.6 Å². The van der Waals surface area contributed by atoms with E-state index in [0.29, 0.717) is 5.57 Å². The van der Waals surface area contributed by atoms with E-state index in [2.05, 4.69) is 35.4 Å². The van der Waals surface area contributed by atoms with E-state index in [0.717, 1.165) is 43.1 Å². The average Bonchev–Trinajstić information content (AvgIpc) is 3.27. The number of rotatable bonds is 3. The normalized spacial score (nSPS) is 35.1. The van der Waals surface area contributed by atoms with Gasteiger partial charge >= 0.3 is 5.97 Å². The molecule has 1 aliphatic carbocycles. The molecule has 1 fully saturated rings. The van der Waals surface area contributed by atoms with Gasteiger partial charge in [0, 0.05) is 42.0 Å². The number of hydrogen-bond acceptors (Lipinski definition) is 6. The second-order valence-electron chi connectivity index (χ2n) is 8.21. The fourth-order valence-corrected chi connectivity index (χ4v) is 6.24. The lowest BCUT2D eigenvalue weighted by atomic mass is 9.54. The van der Waals surface area contributed by atoms with Gasteiger partial charge in [-0.15, -0.1) is 0 Å². The predicted molar refractivity (Wildman–Crippen MR) is 105 cm³/mol. The molecule has 1 aromatic carbocycles. The van der Waals surface area contributed by atoms with E-state index >= 15 is 0 Å². The van der Waals surface area contributed by atoms with E-state index in [9.17, 15) is 9.90 Å². The molecule has 6 heteroatoms. The van der Waals surface area contributed by atoms with Crippen molar-refractivity contribution in [2.24, 2.45) is 5.41 Å². The van der Waals surface area contributed by atoms with Crippen LogP contribution in [0.2, 0.25) is 0 Å². The molecule has 1 saturated heterocycles. The van der Waals surface area contributed by atoms with Crippen LogP contribution in [-0.4, -0.2) is 55.4 Å². The molecular weight excluding hydrogens is 356 g/mol. The second kappa shape index (κ2) is 5.84. The van der Waals surface area contributed by atoms with Gasteiger partial charge in [0.1, 0.15) is 5.75 Å². The first-order valence-electron chi connectivity index (χ1n) is 9.91. The van der Waals surface area contributed by atoms with Crippen LogP contribution in [0.3, 0.4) is 0 Å². The van der Waals surface area contributed by atoms with Crippen molar-refractivity contribution in [2.75, 3.05) is 32.6 Å². The Morgan fingerprint density at radius 1 is 1.39 bits per heavy atom. The van der Waals surface area contributed by atoms with Gasteiger partial charge in [0.25, 0.3) is 0 Å². The van der Waals surface area contributed by atoms with Crippen LogP contribution in [-0.2, 0) is 14.9 Å². The van der Waals surface area contributed by atoms with Crippen molar-refractivity contribution in [3.05, 3.63) is 47.2 Å². The van der Waals surface area contributed by atoms with Gasteiger partial charge in [-0.25, -0.2) is 4.79 Å². The smallest absolute Gasteiger partial charge is 0.338 e. The van der Waals surface area contributed by atoms with Crippen molar-refractivity contribution in [1.82, 2.24) is 4.90 Å². The summed E-state index contributed by atoms with van der Waals surface area (Å²) in [5, 5.41) is 15.0. The topological polar surface area (TPSA) is 71.0 Å². The van der Waals surface area contributed by atoms with E-state index in [-0.39, 0.29) is 11.5 Å². The molecule has 2 N–H and O–H groups in total. The summed E-state index contributed by atoms with van der Waals surface area (Å²) in [6.07, 6.45) is 5.01. The molecule has 28 heavy (non-hydrogen) atoms. The predicted octanol–water partition coefficient (Wildman–Crippen LogP) is 2.20. The SMILES string of the molecule is CC[C@]12C=CCN3CC[C@]4(C(=C(C(=O)OC)[C@@H]1O)Nc1cc(OC)ccc14)[C@@H]32. The molecule has 5 rings (SSSR count). The van der Waals surface area contributed by atoms with Gasteiger partial charge in [0.15, 0.2) is 0 Å². The molecule has 0 bridgehead atoms. The molecule has 0 saturated carbocycles. The Morgan fingerprint density at radius 3 is 2.93 bits per heavy atom. The van der Waals surface area contributed by atoms with Gasteiger partial charge in [0.05, 0.1) is 31.3 Å². The lowest BCUT2D eigenvalue weighted by Gasteiger charge is -2.55. The number of aliphatic hydroxyl groups excluding tert-OH is 1. The van der Waals surface area contributed by atoms with Gasteiger partial charge in [-0.3, -0.25) is 4.90 Å². The Labute approximate surface area is 164 Å². The van der Waals surface area contributed by atoms with Crippen LogP contribution in [0, 0.1) is 5.41 Å². The third-order valence-corrected chi connectivity index (χ3v) is 7.39. The Morgan fingerprint density at radius 2 is 2.21 bits per heavy atom. The first kappa shape index (κ1) is 17.8. The molecule has 1 aromatic rings. The zero-order valence-corrected chi connectivity index (χ0v) is 16.5. The number of nitrogens with one attached hydrogen (secondary N) is 1. The maximum absolute atomic E-state index is 12.9. The van der Waals surface area contributed by atoms with Crippen LogP contribution in [0.1, 0.15) is 25.3 Å². The number of ether oxygens (including phenoxy) is 2. The fourth-order valence-electron chi connectivity index (χ4n) is 6.24. The Hall–Kier alpha value is -2.31. The lowest BCUT2D eigenvalue weighted by Crippen LogP contribution is -2.63. The van der Waals surface area contributed by atoms with Crippen molar-refractivity contribution in [3.63, 3.8) is 0 Å². The largest absolute Gasteiger partial charge is 0.497 e. The lowest BCUT2D eigenvalue weighted by molar-refractivity contribution is -0.139. The van der Waals surface area contributed by atoms with E-state index in [4.69, 9.17) is 9.47 Å². The van der Waals surface area contributed by atoms with Crippen molar-refractivity contribution in [1.29, 1.82) is 0 Å². The number of nitrogens with zero attached hydrogens (tertiary/aromatic N) is 1. The first-order chi connectivity index (χ1) is 13.5. The number of aliphatic hydroxyl groups is 1. The highest BCUT2D eigenvalue weighted by Crippen LogP contribution is 2.64. The van der Waals surface area contributed by atoms with Crippen molar-refractivity contribution in [2.45, 2.75) is 37.3 Å². The van der Waals surface area contributed by atoms with Gasteiger partial charge in [-0.05, 0) is 24.5 Å². The number of anilines is 1. The van der Waals surface area contributed by atoms with E-state index in [1.807, 2.05) is 12.1 Å². The molecule has 148 valence electrons.